The molecule has 2 aromatic rings. The molecule has 134 valence electrons. The largest absolute Gasteiger partial charge is 0.361 e. The molecule has 0 bridgehead atoms. The van der Waals surface area contributed by atoms with E-state index < -0.39 is 0 Å². The van der Waals surface area contributed by atoms with Crippen LogP contribution in [0.5, 0.6) is 0 Å². The van der Waals surface area contributed by atoms with Gasteiger partial charge in [0.15, 0.2) is 5.82 Å². The van der Waals surface area contributed by atoms with Crippen LogP contribution in [0.4, 0.5) is 16.3 Å². The molecule has 1 saturated heterocycles. The van der Waals surface area contributed by atoms with E-state index in [-0.39, 0.29) is 6.03 Å². The van der Waals surface area contributed by atoms with Crippen molar-refractivity contribution >= 4 is 17.5 Å². The first-order valence-electron chi connectivity index (χ1n) is 8.64. The molecule has 1 unspecified atom stereocenters. The van der Waals surface area contributed by atoms with Gasteiger partial charge in [0, 0.05) is 52.0 Å². The maximum atomic E-state index is 12.8. The lowest BCUT2D eigenvalue weighted by molar-refractivity contribution is 0.192. The Balaban J connectivity index is 1.71. The fourth-order valence-corrected chi connectivity index (χ4v) is 3.23. The smallest absolute Gasteiger partial charge is 0.321 e. The zero-order valence-electron chi connectivity index (χ0n) is 15.4. The molecule has 0 aromatic carbocycles. The van der Waals surface area contributed by atoms with Crippen LogP contribution in [0.2, 0.25) is 0 Å². The number of anilines is 2. The number of hydrogen-bond donors (Lipinski definition) is 1. The first-order valence-corrected chi connectivity index (χ1v) is 8.64. The van der Waals surface area contributed by atoms with Gasteiger partial charge >= 0.3 is 6.03 Å². The van der Waals surface area contributed by atoms with Crippen molar-refractivity contribution in [2.75, 3.05) is 37.4 Å². The molecule has 3 rings (SSSR count). The van der Waals surface area contributed by atoms with Gasteiger partial charge in [0.05, 0.1) is 11.4 Å². The fourth-order valence-electron chi connectivity index (χ4n) is 3.23. The van der Waals surface area contributed by atoms with Gasteiger partial charge in [0.2, 0.25) is 0 Å². The normalized spacial score (nSPS) is 17.4. The predicted octanol–water partition coefficient (Wildman–Crippen LogP) is 2.60. The van der Waals surface area contributed by atoms with Crippen LogP contribution in [-0.2, 0) is 7.05 Å². The lowest BCUT2D eigenvalue weighted by Gasteiger charge is -2.32. The summed E-state index contributed by atoms with van der Waals surface area (Å²) in [6, 6.07) is 5.79. The molecule has 1 aliphatic rings. The molecule has 25 heavy (non-hydrogen) atoms. The van der Waals surface area contributed by atoms with E-state index in [4.69, 9.17) is 0 Å². The van der Waals surface area contributed by atoms with Crippen molar-refractivity contribution in [2.45, 2.75) is 25.7 Å². The summed E-state index contributed by atoms with van der Waals surface area (Å²) in [5.41, 5.74) is 2.72. The highest BCUT2D eigenvalue weighted by Crippen LogP contribution is 2.27. The van der Waals surface area contributed by atoms with Gasteiger partial charge in [-0.1, -0.05) is 0 Å². The highest BCUT2D eigenvalue weighted by molar-refractivity contribution is 5.92. The number of likely N-dealkylation sites (tertiary alicyclic amines) is 1. The van der Waals surface area contributed by atoms with Crippen molar-refractivity contribution in [3.05, 3.63) is 35.8 Å². The van der Waals surface area contributed by atoms with E-state index in [1.54, 1.807) is 0 Å². The van der Waals surface area contributed by atoms with Crippen LogP contribution in [0.15, 0.2) is 24.4 Å². The van der Waals surface area contributed by atoms with E-state index in [9.17, 15) is 4.79 Å². The molecule has 1 atom stereocenters. The third-order valence-electron chi connectivity index (χ3n) is 4.54. The van der Waals surface area contributed by atoms with Crippen molar-refractivity contribution in [1.29, 1.82) is 0 Å². The quantitative estimate of drug-likeness (QED) is 0.931. The SMILES string of the molecule is Cc1ccc(NC(=O)N2CCCC(c3ccn(C)n3)C2)c(N(C)C)n1. The van der Waals surface area contributed by atoms with Gasteiger partial charge in [-0.15, -0.1) is 0 Å². The van der Waals surface area contributed by atoms with E-state index in [1.807, 2.05) is 66.9 Å². The predicted molar refractivity (Wildman–Crippen MR) is 99.1 cm³/mol. The first-order chi connectivity index (χ1) is 11.9. The molecule has 1 fully saturated rings. The Hall–Kier alpha value is -2.57. The van der Waals surface area contributed by atoms with Crippen LogP contribution in [-0.4, -0.2) is 52.9 Å². The Morgan fingerprint density at radius 3 is 2.80 bits per heavy atom. The number of piperidine rings is 1. The maximum Gasteiger partial charge on any atom is 0.321 e. The van der Waals surface area contributed by atoms with Gasteiger partial charge in [0.25, 0.3) is 0 Å². The molecule has 7 heteroatoms. The highest BCUT2D eigenvalue weighted by atomic mass is 16.2. The number of amides is 2. The summed E-state index contributed by atoms with van der Waals surface area (Å²) in [5.74, 6) is 1.07. The van der Waals surface area contributed by atoms with Gasteiger partial charge in [-0.25, -0.2) is 9.78 Å². The molecule has 0 aliphatic carbocycles. The van der Waals surface area contributed by atoms with E-state index in [2.05, 4.69) is 15.4 Å². The van der Waals surface area contributed by atoms with Crippen LogP contribution >= 0.6 is 0 Å². The Bertz CT molecular complexity index is 754. The number of aromatic nitrogens is 3. The van der Waals surface area contributed by atoms with E-state index >= 15 is 0 Å². The summed E-state index contributed by atoms with van der Waals surface area (Å²) in [6.45, 7) is 3.41. The van der Waals surface area contributed by atoms with Crippen LogP contribution in [0, 0.1) is 6.92 Å². The summed E-state index contributed by atoms with van der Waals surface area (Å²) in [4.78, 5) is 21.1. The maximum absolute atomic E-state index is 12.8. The summed E-state index contributed by atoms with van der Waals surface area (Å²) in [5, 5.41) is 7.52. The van der Waals surface area contributed by atoms with E-state index in [0.717, 1.165) is 42.3 Å². The second-order valence-corrected chi connectivity index (χ2v) is 6.85. The highest BCUT2D eigenvalue weighted by Gasteiger charge is 2.26. The molecule has 2 aromatic heterocycles. The molecular weight excluding hydrogens is 316 g/mol. The monoisotopic (exact) mass is 342 g/mol. The second-order valence-electron chi connectivity index (χ2n) is 6.85. The Morgan fingerprint density at radius 2 is 2.12 bits per heavy atom. The zero-order valence-corrected chi connectivity index (χ0v) is 15.4. The van der Waals surface area contributed by atoms with E-state index in [1.165, 1.54) is 0 Å². The standard InChI is InChI=1S/C18H26N6O/c1-13-7-8-16(17(19-13)22(2)3)20-18(25)24-10-5-6-14(12-24)15-9-11-23(4)21-15/h7-9,11,14H,5-6,10,12H2,1-4H3,(H,20,25). The van der Waals surface area contributed by atoms with Crippen molar-refractivity contribution < 1.29 is 4.79 Å². The zero-order chi connectivity index (χ0) is 18.0. The molecular formula is C18H26N6O. The third kappa shape index (κ3) is 3.92. The number of pyridine rings is 1. The van der Waals surface area contributed by atoms with Crippen LogP contribution in [0.1, 0.15) is 30.1 Å². The Labute approximate surface area is 148 Å². The lowest BCUT2D eigenvalue weighted by Crippen LogP contribution is -2.42. The van der Waals surface area contributed by atoms with E-state index in [0.29, 0.717) is 12.5 Å². The number of carbonyl (C=O) groups is 1. The fraction of sp³-hybridized carbons (Fsp3) is 0.500. The number of carbonyl (C=O) groups excluding carboxylic acids is 1. The summed E-state index contributed by atoms with van der Waals surface area (Å²) >= 11 is 0. The molecule has 0 spiro atoms. The van der Waals surface area contributed by atoms with Crippen molar-refractivity contribution in [3.8, 4) is 0 Å². The topological polar surface area (TPSA) is 66.3 Å². The van der Waals surface area contributed by atoms with Gasteiger partial charge in [-0.05, 0) is 38.0 Å². The van der Waals surface area contributed by atoms with Crippen molar-refractivity contribution in [1.82, 2.24) is 19.7 Å². The third-order valence-corrected chi connectivity index (χ3v) is 4.54. The summed E-state index contributed by atoms with van der Waals surface area (Å²) in [6.07, 6.45) is 4.01. The molecule has 2 amide bonds. The van der Waals surface area contributed by atoms with Gasteiger partial charge in [-0.3, -0.25) is 4.68 Å². The number of rotatable bonds is 3. The molecule has 1 aliphatic heterocycles. The van der Waals surface area contributed by atoms with Gasteiger partial charge in [-0.2, -0.15) is 5.10 Å². The Kier molecular flexibility index (Phi) is 4.92. The van der Waals surface area contributed by atoms with Crippen LogP contribution in [0.25, 0.3) is 0 Å². The second kappa shape index (κ2) is 7.13. The minimum Gasteiger partial charge on any atom is -0.361 e. The van der Waals surface area contributed by atoms with Crippen LogP contribution < -0.4 is 10.2 Å². The van der Waals surface area contributed by atoms with Gasteiger partial charge < -0.3 is 15.1 Å². The van der Waals surface area contributed by atoms with Crippen molar-refractivity contribution in [3.63, 3.8) is 0 Å². The number of aryl methyl sites for hydroxylation is 2. The molecule has 3 heterocycles. The lowest BCUT2D eigenvalue weighted by atomic mass is 9.95. The number of nitrogens with one attached hydrogen (secondary N) is 1. The average molecular weight is 342 g/mol. The average Bonchev–Trinajstić information content (AvgIpc) is 3.03. The van der Waals surface area contributed by atoms with Crippen LogP contribution in [0.3, 0.4) is 0 Å². The minimum absolute atomic E-state index is 0.0746. The Morgan fingerprint density at radius 1 is 1.32 bits per heavy atom. The molecule has 0 radical (unpaired) electrons. The van der Waals surface area contributed by atoms with Crippen molar-refractivity contribution in [2.24, 2.45) is 7.05 Å². The van der Waals surface area contributed by atoms with Gasteiger partial charge in [0.1, 0.15) is 0 Å². The number of hydrogen-bond acceptors (Lipinski definition) is 4. The molecule has 7 nitrogen and oxygen atoms in total. The number of nitrogens with zero attached hydrogens (tertiary/aromatic N) is 5. The molecule has 1 N–H and O–H groups in total. The minimum atomic E-state index is -0.0746. The summed E-state index contributed by atoms with van der Waals surface area (Å²) in [7, 11) is 5.77. The molecule has 0 saturated carbocycles. The first kappa shape index (κ1) is 17.3. The summed E-state index contributed by atoms with van der Waals surface area (Å²) < 4.78 is 1.82. The number of urea groups is 1.